The van der Waals surface area contributed by atoms with Crippen LogP contribution in [0.3, 0.4) is 0 Å². The monoisotopic (exact) mass is 376 g/mol. The standard InChI is InChI=1S/C18H24N4O3S/c1-14(13-21-9-7-19-15(21)2)12-20-18(23)16-5-3-6-17(11-16)22-8-4-10-26(22,24)25/h3,5-7,9,11,14H,4,8,10,12-13H2,1-2H3,(H,20,23)/t14-/m0/s1. The molecule has 2 heterocycles. The van der Waals surface area contributed by atoms with Crippen molar-refractivity contribution in [3.63, 3.8) is 0 Å². The first-order valence-corrected chi connectivity index (χ1v) is 10.3. The average molecular weight is 376 g/mol. The highest BCUT2D eigenvalue weighted by molar-refractivity contribution is 7.93. The minimum absolute atomic E-state index is 0.161. The highest BCUT2D eigenvalue weighted by Crippen LogP contribution is 2.24. The van der Waals surface area contributed by atoms with Crippen molar-refractivity contribution < 1.29 is 13.2 Å². The maximum atomic E-state index is 12.4. The molecule has 26 heavy (non-hydrogen) atoms. The van der Waals surface area contributed by atoms with Gasteiger partial charge >= 0.3 is 0 Å². The number of carbonyl (C=O) groups excluding carboxylic acids is 1. The number of hydrogen-bond acceptors (Lipinski definition) is 4. The number of rotatable bonds is 6. The topological polar surface area (TPSA) is 84.3 Å². The van der Waals surface area contributed by atoms with Gasteiger partial charge in [-0.1, -0.05) is 13.0 Å². The van der Waals surface area contributed by atoms with Crippen molar-refractivity contribution in [1.82, 2.24) is 14.9 Å². The van der Waals surface area contributed by atoms with Crippen molar-refractivity contribution >= 4 is 21.6 Å². The number of benzene rings is 1. The first-order valence-electron chi connectivity index (χ1n) is 8.73. The third-order valence-electron chi connectivity index (χ3n) is 4.54. The number of hydrogen-bond donors (Lipinski definition) is 1. The van der Waals surface area contributed by atoms with Crippen LogP contribution in [0.15, 0.2) is 36.7 Å². The number of nitrogens with zero attached hydrogens (tertiary/aromatic N) is 3. The molecule has 1 atom stereocenters. The summed E-state index contributed by atoms with van der Waals surface area (Å²) < 4.78 is 27.5. The maximum Gasteiger partial charge on any atom is 0.251 e. The van der Waals surface area contributed by atoms with Gasteiger partial charge in [0.2, 0.25) is 10.0 Å². The van der Waals surface area contributed by atoms with E-state index in [-0.39, 0.29) is 17.6 Å². The number of anilines is 1. The van der Waals surface area contributed by atoms with E-state index < -0.39 is 10.0 Å². The van der Waals surface area contributed by atoms with E-state index in [4.69, 9.17) is 0 Å². The van der Waals surface area contributed by atoms with Crippen LogP contribution in [0.5, 0.6) is 0 Å². The van der Waals surface area contributed by atoms with Gasteiger partial charge in [-0.05, 0) is 37.5 Å². The van der Waals surface area contributed by atoms with Crippen molar-refractivity contribution in [3.05, 3.63) is 48.0 Å². The molecule has 7 nitrogen and oxygen atoms in total. The molecule has 0 unspecified atom stereocenters. The summed E-state index contributed by atoms with van der Waals surface area (Å²) in [5.41, 5.74) is 1.02. The van der Waals surface area contributed by atoms with E-state index in [1.807, 2.05) is 13.1 Å². The molecule has 1 aliphatic rings. The molecule has 1 fully saturated rings. The molecule has 1 N–H and O–H groups in total. The van der Waals surface area contributed by atoms with E-state index in [2.05, 4.69) is 21.8 Å². The number of nitrogens with one attached hydrogen (secondary N) is 1. The van der Waals surface area contributed by atoms with Gasteiger partial charge in [0.05, 0.1) is 11.4 Å². The second-order valence-corrected chi connectivity index (χ2v) is 8.75. The van der Waals surface area contributed by atoms with Crippen molar-refractivity contribution in [2.24, 2.45) is 5.92 Å². The summed E-state index contributed by atoms with van der Waals surface area (Å²) in [5.74, 6) is 1.16. The Morgan fingerprint density at radius 2 is 2.19 bits per heavy atom. The number of amides is 1. The normalized spacial score (nSPS) is 17.2. The summed E-state index contributed by atoms with van der Waals surface area (Å²) >= 11 is 0. The lowest BCUT2D eigenvalue weighted by Gasteiger charge is -2.18. The highest BCUT2D eigenvalue weighted by atomic mass is 32.2. The number of imidazole rings is 1. The van der Waals surface area contributed by atoms with Crippen molar-refractivity contribution in [3.8, 4) is 0 Å². The minimum Gasteiger partial charge on any atom is -0.352 e. The Morgan fingerprint density at radius 1 is 1.38 bits per heavy atom. The van der Waals surface area contributed by atoms with Gasteiger partial charge in [-0.15, -0.1) is 0 Å². The van der Waals surface area contributed by atoms with Crippen LogP contribution in [0, 0.1) is 12.8 Å². The molecule has 1 aliphatic heterocycles. The van der Waals surface area contributed by atoms with Crippen LogP contribution in [0.25, 0.3) is 0 Å². The molecule has 1 aromatic heterocycles. The largest absolute Gasteiger partial charge is 0.352 e. The predicted molar refractivity (Wildman–Crippen MR) is 101 cm³/mol. The van der Waals surface area contributed by atoms with Gasteiger partial charge in [0, 0.05) is 37.6 Å². The molecule has 0 saturated carbocycles. The Morgan fingerprint density at radius 3 is 2.85 bits per heavy atom. The van der Waals surface area contributed by atoms with Crippen LogP contribution in [0.2, 0.25) is 0 Å². The summed E-state index contributed by atoms with van der Waals surface area (Å²) in [6, 6.07) is 6.79. The maximum absolute atomic E-state index is 12.4. The Hall–Kier alpha value is -2.35. The number of sulfonamides is 1. The van der Waals surface area contributed by atoms with Gasteiger partial charge in [-0.3, -0.25) is 9.10 Å². The molecule has 1 saturated heterocycles. The molecule has 140 valence electrons. The lowest BCUT2D eigenvalue weighted by Crippen LogP contribution is -2.30. The van der Waals surface area contributed by atoms with E-state index in [9.17, 15) is 13.2 Å². The van der Waals surface area contributed by atoms with Gasteiger partial charge in [-0.2, -0.15) is 0 Å². The summed E-state index contributed by atoms with van der Waals surface area (Å²) in [6.45, 7) is 5.78. The Kier molecular flexibility index (Phi) is 5.31. The molecule has 0 spiro atoms. The van der Waals surface area contributed by atoms with Crippen molar-refractivity contribution in [2.45, 2.75) is 26.8 Å². The van der Waals surface area contributed by atoms with Gasteiger partial charge in [-0.25, -0.2) is 13.4 Å². The molecule has 1 aromatic carbocycles. The van der Waals surface area contributed by atoms with Crippen LogP contribution in [-0.2, 0) is 16.6 Å². The second-order valence-electron chi connectivity index (χ2n) is 6.73. The van der Waals surface area contributed by atoms with E-state index in [0.29, 0.717) is 30.8 Å². The average Bonchev–Trinajstić information content (AvgIpc) is 3.17. The zero-order chi connectivity index (χ0) is 18.7. The third-order valence-corrected chi connectivity index (χ3v) is 6.41. The zero-order valence-corrected chi connectivity index (χ0v) is 15.9. The first-order chi connectivity index (χ1) is 12.4. The Labute approximate surface area is 154 Å². The SMILES string of the molecule is Cc1nccn1C[C@@H](C)CNC(=O)c1cccc(N2CCCS2(=O)=O)c1. The Balaban J connectivity index is 1.61. The molecular weight excluding hydrogens is 352 g/mol. The zero-order valence-electron chi connectivity index (χ0n) is 15.1. The van der Waals surface area contributed by atoms with E-state index in [1.165, 1.54) is 4.31 Å². The lowest BCUT2D eigenvalue weighted by atomic mass is 10.1. The molecule has 0 aliphatic carbocycles. The summed E-state index contributed by atoms with van der Waals surface area (Å²) in [5, 5.41) is 2.93. The molecule has 3 rings (SSSR count). The lowest BCUT2D eigenvalue weighted by molar-refractivity contribution is 0.0947. The van der Waals surface area contributed by atoms with Crippen molar-refractivity contribution in [2.75, 3.05) is 23.1 Å². The fourth-order valence-corrected chi connectivity index (χ4v) is 4.65. The van der Waals surface area contributed by atoms with Gasteiger partial charge < -0.3 is 9.88 Å². The molecule has 1 amide bonds. The van der Waals surface area contributed by atoms with Gasteiger partial charge in [0.1, 0.15) is 5.82 Å². The quantitative estimate of drug-likeness (QED) is 0.833. The third kappa shape index (κ3) is 4.07. The number of aromatic nitrogens is 2. The van der Waals surface area contributed by atoms with E-state index in [0.717, 1.165) is 12.4 Å². The molecule has 2 aromatic rings. The number of aryl methyl sites for hydroxylation is 1. The molecular formula is C18H24N4O3S. The van der Waals surface area contributed by atoms with Crippen molar-refractivity contribution in [1.29, 1.82) is 0 Å². The van der Waals surface area contributed by atoms with Crippen LogP contribution in [0.1, 0.15) is 29.5 Å². The van der Waals surface area contributed by atoms with Crippen LogP contribution >= 0.6 is 0 Å². The summed E-state index contributed by atoms with van der Waals surface area (Å²) in [4.78, 5) is 16.6. The summed E-state index contributed by atoms with van der Waals surface area (Å²) in [6.07, 6.45) is 4.30. The van der Waals surface area contributed by atoms with E-state index >= 15 is 0 Å². The fourth-order valence-electron chi connectivity index (χ4n) is 3.10. The minimum atomic E-state index is -3.25. The molecule has 0 radical (unpaired) electrons. The highest BCUT2D eigenvalue weighted by Gasteiger charge is 2.28. The molecule has 0 bridgehead atoms. The smallest absolute Gasteiger partial charge is 0.251 e. The molecule has 8 heteroatoms. The van der Waals surface area contributed by atoms with E-state index in [1.54, 1.807) is 30.5 Å². The number of carbonyl (C=O) groups is 1. The fraction of sp³-hybridized carbons (Fsp3) is 0.444. The predicted octanol–water partition coefficient (Wildman–Crippen LogP) is 1.80. The van der Waals surface area contributed by atoms with Gasteiger partial charge in [0.15, 0.2) is 0 Å². The summed E-state index contributed by atoms with van der Waals surface area (Å²) in [7, 11) is -3.25. The van der Waals surface area contributed by atoms with Crippen LogP contribution < -0.4 is 9.62 Å². The van der Waals surface area contributed by atoms with Crippen LogP contribution in [-0.4, -0.2) is 42.7 Å². The second kappa shape index (κ2) is 7.49. The van der Waals surface area contributed by atoms with Gasteiger partial charge in [0.25, 0.3) is 5.91 Å². The van der Waals surface area contributed by atoms with Crippen LogP contribution in [0.4, 0.5) is 5.69 Å². The first kappa shape index (κ1) is 18.4. The Bertz CT molecular complexity index is 891.